The van der Waals surface area contributed by atoms with Crippen LogP contribution < -0.4 is 10.1 Å². The number of rotatable bonds is 8. The molecule has 8 nitrogen and oxygen atoms in total. The topological polar surface area (TPSA) is 93.5 Å². The normalized spacial score (nSPS) is 14.4. The minimum atomic E-state index is -3.53. The Kier molecular flexibility index (Phi) is 6.83. The molecule has 32 heavy (non-hydrogen) atoms. The zero-order valence-electron chi connectivity index (χ0n) is 17.6. The maximum Gasteiger partial charge on any atom is 0.243 e. The van der Waals surface area contributed by atoms with Crippen molar-refractivity contribution in [2.45, 2.75) is 22.9 Å². The number of nitrogens with zero attached hydrogens (tertiary/aromatic N) is 3. The van der Waals surface area contributed by atoms with Crippen LogP contribution in [-0.4, -0.2) is 54.1 Å². The molecule has 168 valence electrons. The highest BCUT2D eigenvalue weighted by atomic mass is 32.2. The molecule has 1 saturated heterocycles. The van der Waals surface area contributed by atoms with Crippen molar-refractivity contribution in [3.63, 3.8) is 0 Å². The summed E-state index contributed by atoms with van der Waals surface area (Å²) >= 11 is 1.30. The fraction of sp³-hybridized carbons (Fsp3) is 0.273. The van der Waals surface area contributed by atoms with Gasteiger partial charge < -0.3 is 10.1 Å². The number of carbonyl (C=O) groups is 1. The Morgan fingerprint density at radius 1 is 1.16 bits per heavy atom. The Balaban J connectivity index is 1.40. The highest BCUT2D eigenvalue weighted by molar-refractivity contribution is 7.99. The molecule has 3 aromatic rings. The molecule has 0 aliphatic carbocycles. The third kappa shape index (κ3) is 4.98. The zero-order chi connectivity index (χ0) is 22.6. The van der Waals surface area contributed by atoms with E-state index < -0.39 is 10.0 Å². The van der Waals surface area contributed by atoms with E-state index >= 15 is 0 Å². The van der Waals surface area contributed by atoms with Crippen LogP contribution in [0.5, 0.6) is 5.75 Å². The number of ether oxygens (including phenoxy) is 1. The number of aromatic nitrogens is 2. The minimum absolute atomic E-state index is 0.135. The van der Waals surface area contributed by atoms with Crippen LogP contribution in [0.15, 0.2) is 71.0 Å². The first-order valence-corrected chi connectivity index (χ1v) is 12.6. The lowest BCUT2D eigenvalue weighted by Gasteiger charge is -2.16. The molecule has 2 heterocycles. The van der Waals surface area contributed by atoms with Gasteiger partial charge in [0, 0.05) is 36.9 Å². The van der Waals surface area contributed by atoms with Crippen molar-refractivity contribution in [3.8, 4) is 11.4 Å². The Bertz CT molecular complexity index is 1190. The van der Waals surface area contributed by atoms with Gasteiger partial charge in [0.1, 0.15) is 5.75 Å². The highest BCUT2D eigenvalue weighted by Gasteiger charge is 2.27. The molecule has 1 fully saturated rings. The summed E-state index contributed by atoms with van der Waals surface area (Å²) < 4.78 is 34.1. The van der Waals surface area contributed by atoms with Crippen molar-refractivity contribution in [2.24, 2.45) is 0 Å². The summed E-state index contributed by atoms with van der Waals surface area (Å²) in [7, 11) is -1.92. The molecular weight excluding hydrogens is 448 g/mol. The number of anilines is 1. The van der Waals surface area contributed by atoms with Gasteiger partial charge in [-0.3, -0.25) is 9.36 Å². The van der Waals surface area contributed by atoms with Crippen molar-refractivity contribution in [2.75, 3.05) is 31.3 Å². The van der Waals surface area contributed by atoms with E-state index in [9.17, 15) is 13.2 Å². The molecule has 1 N–H and O–H groups in total. The van der Waals surface area contributed by atoms with Crippen LogP contribution in [-0.2, 0) is 14.8 Å². The monoisotopic (exact) mass is 472 g/mol. The predicted molar refractivity (Wildman–Crippen MR) is 124 cm³/mol. The van der Waals surface area contributed by atoms with Crippen molar-refractivity contribution < 1.29 is 17.9 Å². The Labute approximate surface area is 191 Å². The number of hydrogen-bond donors (Lipinski definition) is 1. The summed E-state index contributed by atoms with van der Waals surface area (Å²) in [6.07, 6.45) is 5.25. The minimum Gasteiger partial charge on any atom is -0.497 e. The fourth-order valence-corrected chi connectivity index (χ4v) is 5.81. The van der Waals surface area contributed by atoms with E-state index in [-0.39, 0.29) is 16.6 Å². The highest BCUT2D eigenvalue weighted by Crippen LogP contribution is 2.25. The summed E-state index contributed by atoms with van der Waals surface area (Å²) in [5.74, 6) is 0.655. The molecule has 1 aliphatic rings. The fourth-order valence-electron chi connectivity index (χ4n) is 3.47. The SMILES string of the molecule is COc1ccc(-n2ccnc2SCC(=O)Nc2cccc(S(=O)(=O)N3CCCC3)c2)cc1. The van der Waals surface area contributed by atoms with Crippen molar-refractivity contribution in [1.82, 2.24) is 13.9 Å². The zero-order valence-corrected chi connectivity index (χ0v) is 19.2. The molecule has 0 unspecified atom stereocenters. The van der Waals surface area contributed by atoms with E-state index in [0.29, 0.717) is 23.9 Å². The number of carbonyl (C=O) groups excluding carboxylic acids is 1. The van der Waals surface area contributed by atoms with Gasteiger partial charge in [0.15, 0.2) is 5.16 Å². The summed E-state index contributed by atoms with van der Waals surface area (Å²) in [6, 6.07) is 13.9. The lowest BCUT2D eigenvalue weighted by Crippen LogP contribution is -2.28. The number of imidazole rings is 1. The maximum absolute atomic E-state index is 12.8. The second kappa shape index (κ2) is 9.76. The third-order valence-electron chi connectivity index (χ3n) is 5.11. The summed E-state index contributed by atoms with van der Waals surface area (Å²) in [6.45, 7) is 1.08. The maximum atomic E-state index is 12.8. The number of hydrogen-bond acceptors (Lipinski definition) is 6. The molecule has 0 saturated carbocycles. The molecule has 0 radical (unpaired) electrons. The van der Waals surface area contributed by atoms with E-state index in [4.69, 9.17) is 4.74 Å². The largest absolute Gasteiger partial charge is 0.497 e. The quantitative estimate of drug-likeness (QED) is 0.505. The second-order valence-corrected chi connectivity index (χ2v) is 10.1. The van der Waals surface area contributed by atoms with Crippen LogP contribution >= 0.6 is 11.8 Å². The first-order chi connectivity index (χ1) is 15.5. The summed E-state index contributed by atoms with van der Waals surface area (Å²) in [5.41, 5.74) is 1.36. The predicted octanol–water partition coefficient (Wildman–Crippen LogP) is 3.40. The van der Waals surface area contributed by atoms with Gasteiger partial charge in [0.25, 0.3) is 0 Å². The van der Waals surface area contributed by atoms with E-state index in [2.05, 4.69) is 10.3 Å². The van der Waals surface area contributed by atoms with Crippen LogP contribution in [0.3, 0.4) is 0 Å². The lowest BCUT2D eigenvalue weighted by molar-refractivity contribution is -0.113. The van der Waals surface area contributed by atoms with Gasteiger partial charge in [-0.25, -0.2) is 13.4 Å². The van der Waals surface area contributed by atoms with Crippen LogP contribution in [0.25, 0.3) is 5.69 Å². The number of benzene rings is 2. The van der Waals surface area contributed by atoms with Gasteiger partial charge in [-0.1, -0.05) is 17.8 Å². The molecule has 1 amide bonds. The number of methoxy groups -OCH3 is 1. The third-order valence-corrected chi connectivity index (χ3v) is 7.97. The van der Waals surface area contributed by atoms with Crippen LogP contribution in [0, 0.1) is 0 Å². The van der Waals surface area contributed by atoms with Crippen LogP contribution in [0.4, 0.5) is 5.69 Å². The molecular formula is C22H24N4O4S2. The Morgan fingerprint density at radius 2 is 1.91 bits per heavy atom. The average molecular weight is 473 g/mol. The van der Waals surface area contributed by atoms with Gasteiger partial charge in [-0.05, 0) is 55.3 Å². The van der Waals surface area contributed by atoms with Gasteiger partial charge in [0.05, 0.1) is 17.8 Å². The van der Waals surface area contributed by atoms with E-state index in [1.165, 1.54) is 22.1 Å². The average Bonchev–Trinajstić information content (AvgIpc) is 3.51. The molecule has 1 aromatic heterocycles. The molecule has 2 aromatic carbocycles. The molecule has 10 heteroatoms. The van der Waals surface area contributed by atoms with Crippen molar-refractivity contribution in [3.05, 3.63) is 60.9 Å². The van der Waals surface area contributed by atoms with Gasteiger partial charge in [0.2, 0.25) is 15.9 Å². The van der Waals surface area contributed by atoms with E-state index in [1.54, 1.807) is 31.5 Å². The Hall–Kier alpha value is -2.82. The molecule has 4 rings (SSSR count). The molecule has 0 atom stereocenters. The molecule has 1 aliphatic heterocycles. The number of nitrogens with one attached hydrogen (secondary N) is 1. The van der Waals surface area contributed by atoms with Gasteiger partial charge in [-0.15, -0.1) is 0 Å². The summed E-state index contributed by atoms with van der Waals surface area (Å²) in [5, 5.41) is 3.46. The van der Waals surface area contributed by atoms with Gasteiger partial charge in [-0.2, -0.15) is 4.31 Å². The lowest BCUT2D eigenvalue weighted by atomic mass is 10.3. The van der Waals surface area contributed by atoms with Crippen LogP contribution in [0.2, 0.25) is 0 Å². The summed E-state index contributed by atoms with van der Waals surface area (Å²) in [4.78, 5) is 17.0. The smallest absolute Gasteiger partial charge is 0.243 e. The first-order valence-electron chi connectivity index (χ1n) is 10.2. The number of amides is 1. The molecule has 0 bridgehead atoms. The van der Waals surface area contributed by atoms with Gasteiger partial charge >= 0.3 is 0 Å². The number of sulfonamides is 1. The van der Waals surface area contributed by atoms with Crippen molar-refractivity contribution >= 4 is 33.4 Å². The Morgan fingerprint density at radius 3 is 2.62 bits per heavy atom. The number of thioether (sulfide) groups is 1. The van der Waals surface area contributed by atoms with E-state index in [1.807, 2.05) is 35.0 Å². The van der Waals surface area contributed by atoms with E-state index in [0.717, 1.165) is 24.3 Å². The second-order valence-electron chi connectivity index (χ2n) is 7.25. The molecule has 0 spiro atoms. The standard InChI is InChI=1S/C22H24N4O4S2/c1-30-19-9-7-18(8-10-19)26-14-11-23-22(26)31-16-21(27)24-17-5-4-6-20(15-17)32(28,29)25-12-2-3-13-25/h4-11,14-15H,2-3,12-13,16H2,1H3,(H,24,27). The first kappa shape index (κ1) is 22.4. The van der Waals surface area contributed by atoms with Crippen molar-refractivity contribution in [1.29, 1.82) is 0 Å². The van der Waals surface area contributed by atoms with Crippen LogP contribution in [0.1, 0.15) is 12.8 Å².